The Kier molecular flexibility index (Phi) is 4.32. The van der Waals surface area contributed by atoms with Crippen LogP contribution in [-0.2, 0) is 0 Å². The standard InChI is InChI=1S/C10H15N3O2.ClH/c1-7-6-13(4-3-11-7)10(14)9-5-8(2)15-12-9;/h5,7,11H,3-4,6H2,1-2H3;1H/t7-;/m1./s1. The molecule has 16 heavy (non-hydrogen) atoms. The maximum atomic E-state index is 11.9. The first-order chi connectivity index (χ1) is 7.16. The molecule has 0 spiro atoms. The van der Waals surface area contributed by atoms with Crippen LogP contribution in [-0.4, -0.2) is 41.6 Å². The highest BCUT2D eigenvalue weighted by Gasteiger charge is 2.23. The molecule has 1 saturated heterocycles. The van der Waals surface area contributed by atoms with Crippen molar-refractivity contribution in [2.75, 3.05) is 19.6 Å². The highest BCUT2D eigenvalue weighted by atomic mass is 35.5. The maximum absolute atomic E-state index is 11.9. The van der Waals surface area contributed by atoms with Crippen LogP contribution < -0.4 is 5.32 Å². The number of halogens is 1. The van der Waals surface area contributed by atoms with Crippen molar-refractivity contribution in [3.8, 4) is 0 Å². The summed E-state index contributed by atoms with van der Waals surface area (Å²) >= 11 is 0. The SMILES string of the molecule is Cc1cc(C(=O)N2CCN[C@H](C)C2)no1.Cl. The van der Waals surface area contributed by atoms with Gasteiger partial charge in [-0.1, -0.05) is 5.16 Å². The summed E-state index contributed by atoms with van der Waals surface area (Å²) in [6.45, 7) is 6.14. The van der Waals surface area contributed by atoms with Gasteiger partial charge in [0.2, 0.25) is 0 Å². The fraction of sp³-hybridized carbons (Fsp3) is 0.600. The second-order valence-corrected chi connectivity index (χ2v) is 3.93. The fourth-order valence-electron chi connectivity index (χ4n) is 1.75. The maximum Gasteiger partial charge on any atom is 0.276 e. The molecule has 0 unspecified atom stereocenters. The summed E-state index contributed by atoms with van der Waals surface area (Å²) in [6.07, 6.45) is 0. The first-order valence-electron chi connectivity index (χ1n) is 5.13. The number of aryl methyl sites for hydroxylation is 1. The van der Waals surface area contributed by atoms with Crippen LogP contribution in [0.2, 0.25) is 0 Å². The lowest BCUT2D eigenvalue weighted by Crippen LogP contribution is -2.51. The van der Waals surface area contributed by atoms with Gasteiger partial charge in [-0.3, -0.25) is 4.79 Å². The van der Waals surface area contributed by atoms with Crippen LogP contribution in [0.1, 0.15) is 23.2 Å². The molecule has 0 radical (unpaired) electrons. The molecule has 90 valence electrons. The van der Waals surface area contributed by atoms with E-state index in [-0.39, 0.29) is 18.3 Å². The van der Waals surface area contributed by atoms with Gasteiger partial charge in [0.1, 0.15) is 5.76 Å². The molecular formula is C10H16ClN3O2. The molecule has 6 heteroatoms. The molecule has 1 aliphatic rings. The van der Waals surface area contributed by atoms with Crippen LogP contribution in [0.3, 0.4) is 0 Å². The third kappa shape index (κ3) is 2.74. The number of hydrogen-bond donors (Lipinski definition) is 1. The minimum atomic E-state index is -0.0415. The van der Waals surface area contributed by atoms with Gasteiger partial charge in [0.05, 0.1) is 0 Å². The second-order valence-electron chi connectivity index (χ2n) is 3.93. The van der Waals surface area contributed by atoms with Crippen molar-refractivity contribution < 1.29 is 9.32 Å². The minimum Gasteiger partial charge on any atom is -0.361 e. The zero-order valence-electron chi connectivity index (χ0n) is 9.40. The molecule has 2 heterocycles. The number of hydrogen-bond acceptors (Lipinski definition) is 4. The number of amides is 1. The van der Waals surface area contributed by atoms with Crippen molar-refractivity contribution in [2.24, 2.45) is 0 Å². The molecule has 0 aliphatic carbocycles. The topological polar surface area (TPSA) is 58.4 Å². The molecule has 2 rings (SSSR count). The van der Waals surface area contributed by atoms with Crippen molar-refractivity contribution in [2.45, 2.75) is 19.9 Å². The van der Waals surface area contributed by atoms with Gasteiger partial charge < -0.3 is 14.7 Å². The summed E-state index contributed by atoms with van der Waals surface area (Å²) in [5, 5.41) is 7.02. The summed E-state index contributed by atoms with van der Waals surface area (Å²) in [4.78, 5) is 13.7. The van der Waals surface area contributed by atoms with E-state index in [0.717, 1.165) is 19.6 Å². The Balaban J connectivity index is 0.00000128. The van der Waals surface area contributed by atoms with E-state index in [2.05, 4.69) is 17.4 Å². The lowest BCUT2D eigenvalue weighted by atomic mass is 10.2. The number of piperazine rings is 1. The summed E-state index contributed by atoms with van der Waals surface area (Å²) in [6, 6.07) is 2.02. The van der Waals surface area contributed by atoms with Crippen LogP contribution in [0.5, 0.6) is 0 Å². The Labute approximate surface area is 101 Å². The van der Waals surface area contributed by atoms with Crippen molar-refractivity contribution >= 4 is 18.3 Å². The highest BCUT2D eigenvalue weighted by molar-refractivity contribution is 5.92. The predicted molar refractivity (Wildman–Crippen MR) is 61.9 cm³/mol. The molecule has 0 aromatic carbocycles. The van der Waals surface area contributed by atoms with E-state index in [1.54, 1.807) is 17.9 Å². The fourth-order valence-corrected chi connectivity index (χ4v) is 1.75. The molecule has 1 aromatic heterocycles. The Morgan fingerprint density at radius 1 is 1.69 bits per heavy atom. The second kappa shape index (κ2) is 5.32. The number of rotatable bonds is 1. The van der Waals surface area contributed by atoms with Gasteiger partial charge in [-0.2, -0.15) is 0 Å². The number of carbonyl (C=O) groups excluding carboxylic acids is 1. The largest absolute Gasteiger partial charge is 0.361 e. The molecule has 1 atom stereocenters. The lowest BCUT2D eigenvalue weighted by Gasteiger charge is -2.31. The Bertz CT molecular complexity index is 367. The summed E-state index contributed by atoms with van der Waals surface area (Å²) in [5.74, 6) is 0.627. The van der Waals surface area contributed by atoms with E-state index in [9.17, 15) is 4.79 Å². The van der Waals surface area contributed by atoms with E-state index in [4.69, 9.17) is 4.52 Å². The van der Waals surface area contributed by atoms with Crippen molar-refractivity contribution in [1.29, 1.82) is 0 Å². The summed E-state index contributed by atoms with van der Waals surface area (Å²) in [7, 11) is 0. The van der Waals surface area contributed by atoms with E-state index in [1.807, 2.05) is 0 Å². The quantitative estimate of drug-likeness (QED) is 0.797. The molecule has 1 N–H and O–H groups in total. The van der Waals surface area contributed by atoms with Gasteiger partial charge in [-0.25, -0.2) is 0 Å². The summed E-state index contributed by atoms with van der Waals surface area (Å²) in [5.41, 5.74) is 0.404. The Morgan fingerprint density at radius 2 is 2.44 bits per heavy atom. The first kappa shape index (κ1) is 13.0. The Morgan fingerprint density at radius 3 is 3.00 bits per heavy atom. The molecule has 1 aromatic rings. The van der Waals surface area contributed by atoms with E-state index in [0.29, 0.717) is 17.5 Å². The van der Waals surface area contributed by atoms with Crippen molar-refractivity contribution in [1.82, 2.24) is 15.4 Å². The van der Waals surface area contributed by atoms with Crippen LogP contribution in [0.4, 0.5) is 0 Å². The van der Waals surface area contributed by atoms with Crippen LogP contribution in [0.25, 0.3) is 0 Å². The number of nitrogens with one attached hydrogen (secondary N) is 1. The number of carbonyl (C=O) groups is 1. The monoisotopic (exact) mass is 245 g/mol. The third-order valence-corrected chi connectivity index (χ3v) is 2.50. The predicted octanol–water partition coefficient (Wildman–Crippen LogP) is 0.839. The number of nitrogens with zero attached hydrogens (tertiary/aromatic N) is 2. The molecule has 1 fully saturated rings. The normalized spacial score (nSPS) is 20.4. The zero-order chi connectivity index (χ0) is 10.8. The average Bonchev–Trinajstić information content (AvgIpc) is 2.64. The van der Waals surface area contributed by atoms with Crippen LogP contribution in [0.15, 0.2) is 10.6 Å². The molecule has 1 amide bonds. The molecule has 0 bridgehead atoms. The molecule has 5 nitrogen and oxygen atoms in total. The van der Waals surface area contributed by atoms with Gasteiger partial charge in [0, 0.05) is 31.7 Å². The smallest absolute Gasteiger partial charge is 0.276 e. The Hall–Kier alpha value is -1.07. The van der Waals surface area contributed by atoms with Gasteiger partial charge in [-0.05, 0) is 13.8 Å². The highest BCUT2D eigenvalue weighted by Crippen LogP contribution is 2.08. The van der Waals surface area contributed by atoms with Crippen molar-refractivity contribution in [3.05, 3.63) is 17.5 Å². The van der Waals surface area contributed by atoms with Gasteiger partial charge in [-0.15, -0.1) is 12.4 Å². The number of aromatic nitrogens is 1. The van der Waals surface area contributed by atoms with Crippen LogP contribution in [0, 0.1) is 6.92 Å². The van der Waals surface area contributed by atoms with Crippen molar-refractivity contribution in [3.63, 3.8) is 0 Å². The van der Waals surface area contributed by atoms with E-state index >= 15 is 0 Å². The molecule has 1 aliphatic heterocycles. The molecular weight excluding hydrogens is 230 g/mol. The summed E-state index contributed by atoms with van der Waals surface area (Å²) < 4.78 is 4.89. The van der Waals surface area contributed by atoms with Gasteiger partial charge in [0.15, 0.2) is 5.69 Å². The average molecular weight is 246 g/mol. The zero-order valence-corrected chi connectivity index (χ0v) is 10.2. The van der Waals surface area contributed by atoms with Crippen LogP contribution >= 0.6 is 12.4 Å². The molecule has 0 saturated carbocycles. The first-order valence-corrected chi connectivity index (χ1v) is 5.13. The van der Waals surface area contributed by atoms with E-state index in [1.165, 1.54) is 0 Å². The lowest BCUT2D eigenvalue weighted by molar-refractivity contribution is 0.0698. The van der Waals surface area contributed by atoms with E-state index < -0.39 is 0 Å². The minimum absolute atomic E-state index is 0. The van der Waals surface area contributed by atoms with Gasteiger partial charge in [0.25, 0.3) is 5.91 Å². The third-order valence-electron chi connectivity index (χ3n) is 2.50. The van der Waals surface area contributed by atoms with Gasteiger partial charge >= 0.3 is 0 Å².